The Balaban J connectivity index is 1.98. The minimum Gasteiger partial charge on any atom is -0.481 e. The molecule has 2 amide bonds. The molecule has 0 aliphatic carbocycles. The fourth-order valence-corrected chi connectivity index (χ4v) is 2.94. The number of aliphatic carboxylic acids is 1. The quantitative estimate of drug-likeness (QED) is 0.857. The largest absolute Gasteiger partial charge is 0.481 e. The molecule has 0 unspecified atom stereocenters. The third-order valence-electron chi connectivity index (χ3n) is 4.66. The van der Waals surface area contributed by atoms with Crippen LogP contribution in [0.15, 0.2) is 24.3 Å². The van der Waals surface area contributed by atoms with Crippen LogP contribution in [0.25, 0.3) is 0 Å². The third kappa shape index (κ3) is 4.81. The van der Waals surface area contributed by atoms with Gasteiger partial charge in [-0.3, -0.25) is 14.4 Å². The van der Waals surface area contributed by atoms with Crippen molar-refractivity contribution in [3.8, 4) is 0 Å². The number of nitrogens with zero attached hydrogens (tertiary/aromatic N) is 1. The zero-order valence-corrected chi connectivity index (χ0v) is 15.0. The molecule has 1 aliphatic rings. The number of anilines is 1. The van der Waals surface area contributed by atoms with Crippen LogP contribution in [0.2, 0.25) is 0 Å². The van der Waals surface area contributed by atoms with Gasteiger partial charge in [0.25, 0.3) is 5.91 Å². The molecule has 0 spiro atoms. The van der Waals surface area contributed by atoms with E-state index in [1.807, 2.05) is 4.90 Å². The number of nitrogens with one attached hydrogen (secondary N) is 1. The number of hydrogen-bond donors (Lipinski definition) is 2. The summed E-state index contributed by atoms with van der Waals surface area (Å²) in [5.74, 6) is -1.37. The number of carboxylic acids is 1. The second-order valence-corrected chi connectivity index (χ2v) is 7.33. The maximum atomic E-state index is 12.6. The molecule has 1 heterocycles. The van der Waals surface area contributed by atoms with Crippen molar-refractivity contribution in [3.05, 3.63) is 29.8 Å². The Kier molecular flexibility index (Phi) is 5.82. The molecule has 1 fully saturated rings. The Morgan fingerprint density at radius 2 is 1.84 bits per heavy atom. The number of carboxylic acid groups (broad SMARTS) is 1. The van der Waals surface area contributed by atoms with Crippen LogP contribution >= 0.6 is 0 Å². The highest BCUT2D eigenvalue weighted by atomic mass is 16.4. The zero-order chi connectivity index (χ0) is 18.6. The fraction of sp³-hybridized carbons (Fsp3) is 0.526. The maximum Gasteiger partial charge on any atom is 0.309 e. The second kappa shape index (κ2) is 7.68. The van der Waals surface area contributed by atoms with Gasteiger partial charge in [0.1, 0.15) is 0 Å². The van der Waals surface area contributed by atoms with E-state index in [-0.39, 0.29) is 24.3 Å². The Hall–Kier alpha value is -2.37. The van der Waals surface area contributed by atoms with E-state index >= 15 is 0 Å². The Morgan fingerprint density at radius 1 is 1.20 bits per heavy atom. The van der Waals surface area contributed by atoms with Gasteiger partial charge in [-0.25, -0.2) is 0 Å². The average molecular weight is 346 g/mol. The highest BCUT2D eigenvalue weighted by molar-refractivity contribution is 5.97. The molecular weight excluding hydrogens is 320 g/mol. The van der Waals surface area contributed by atoms with Gasteiger partial charge in [0, 0.05) is 30.3 Å². The fourth-order valence-electron chi connectivity index (χ4n) is 2.94. The van der Waals surface area contributed by atoms with Crippen LogP contribution in [0.1, 0.15) is 56.8 Å². The van der Waals surface area contributed by atoms with Crippen molar-refractivity contribution in [2.45, 2.75) is 52.5 Å². The first-order valence-corrected chi connectivity index (χ1v) is 8.65. The molecule has 136 valence electrons. The number of amides is 2. The molecule has 0 saturated carbocycles. The van der Waals surface area contributed by atoms with Gasteiger partial charge in [-0.1, -0.05) is 0 Å². The number of benzene rings is 1. The first kappa shape index (κ1) is 19.0. The SMILES string of the molecule is C[C@H]1CCCCN1C(=O)c1ccc(NC(=O)CC(C)(C)C(=O)O)cc1. The van der Waals surface area contributed by atoms with Crippen LogP contribution in [0.5, 0.6) is 0 Å². The predicted octanol–water partition coefficient (Wildman–Crippen LogP) is 3.14. The van der Waals surface area contributed by atoms with Gasteiger partial charge in [-0.05, 0) is 64.3 Å². The smallest absolute Gasteiger partial charge is 0.309 e. The van der Waals surface area contributed by atoms with Gasteiger partial charge in [0.15, 0.2) is 0 Å². The van der Waals surface area contributed by atoms with Crippen molar-refractivity contribution >= 4 is 23.5 Å². The minimum absolute atomic E-state index is 0.0112. The number of piperidine rings is 1. The lowest BCUT2D eigenvalue weighted by atomic mass is 9.89. The summed E-state index contributed by atoms with van der Waals surface area (Å²) in [6.07, 6.45) is 3.10. The Labute approximate surface area is 148 Å². The molecule has 1 aromatic rings. The number of hydrogen-bond acceptors (Lipinski definition) is 3. The molecule has 0 bridgehead atoms. The zero-order valence-electron chi connectivity index (χ0n) is 15.0. The lowest BCUT2D eigenvalue weighted by Gasteiger charge is -2.33. The normalized spacial score (nSPS) is 17.9. The highest BCUT2D eigenvalue weighted by Crippen LogP contribution is 2.22. The van der Waals surface area contributed by atoms with Gasteiger partial charge in [-0.15, -0.1) is 0 Å². The van der Waals surface area contributed by atoms with E-state index in [2.05, 4.69) is 12.2 Å². The van der Waals surface area contributed by atoms with E-state index in [1.54, 1.807) is 24.3 Å². The molecule has 2 rings (SSSR count). The molecule has 2 N–H and O–H groups in total. The van der Waals surface area contributed by atoms with E-state index in [9.17, 15) is 14.4 Å². The van der Waals surface area contributed by atoms with Crippen LogP contribution in [-0.4, -0.2) is 40.4 Å². The second-order valence-electron chi connectivity index (χ2n) is 7.33. The molecule has 1 atom stereocenters. The third-order valence-corrected chi connectivity index (χ3v) is 4.66. The molecule has 1 aliphatic heterocycles. The topological polar surface area (TPSA) is 86.7 Å². The maximum absolute atomic E-state index is 12.6. The van der Waals surface area contributed by atoms with Gasteiger partial charge in [0.05, 0.1) is 5.41 Å². The molecular formula is C19H26N2O4. The molecule has 0 aromatic heterocycles. The van der Waals surface area contributed by atoms with Crippen molar-refractivity contribution in [3.63, 3.8) is 0 Å². The molecule has 6 heteroatoms. The van der Waals surface area contributed by atoms with E-state index in [0.29, 0.717) is 11.3 Å². The van der Waals surface area contributed by atoms with E-state index in [4.69, 9.17) is 5.11 Å². The highest BCUT2D eigenvalue weighted by Gasteiger charge is 2.30. The average Bonchev–Trinajstić information content (AvgIpc) is 2.54. The van der Waals surface area contributed by atoms with Crippen LogP contribution in [-0.2, 0) is 9.59 Å². The number of rotatable bonds is 5. The Morgan fingerprint density at radius 3 is 2.40 bits per heavy atom. The van der Waals surface area contributed by atoms with Crippen LogP contribution < -0.4 is 5.32 Å². The summed E-state index contributed by atoms with van der Waals surface area (Å²) in [4.78, 5) is 37.6. The number of carbonyl (C=O) groups excluding carboxylic acids is 2. The summed E-state index contributed by atoms with van der Waals surface area (Å²) in [6.45, 7) is 5.87. The predicted molar refractivity (Wildman–Crippen MR) is 95.5 cm³/mol. The van der Waals surface area contributed by atoms with Gasteiger partial charge in [-0.2, -0.15) is 0 Å². The summed E-state index contributed by atoms with van der Waals surface area (Å²) in [5, 5.41) is 11.8. The number of likely N-dealkylation sites (tertiary alicyclic amines) is 1. The number of carbonyl (C=O) groups is 3. The van der Waals surface area contributed by atoms with Gasteiger partial charge < -0.3 is 15.3 Å². The van der Waals surface area contributed by atoms with E-state index in [1.165, 1.54) is 13.8 Å². The first-order valence-electron chi connectivity index (χ1n) is 8.65. The standard InChI is InChI=1S/C19H26N2O4/c1-13-6-4-5-11-21(13)17(23)14-7-9-15(10-8-14)20-16(22)12-19(2,3)18(24)25/h7-10,13H,4-6,11-12H2,1-3H3,(H,20,22)(H,24,25)/t13-/m0/s1. The summed E-state index contributed by atoms with van der Waals surface area (Å²) < 4.78 is 0. The van der Waals surface area contributed by atoms with Crippen molar-refractivity contribution in [2.75, 3.05) is 11.9 Å². The van der Waals surface area contributed by atoms with Crippen LogP contribution in [0, 0.1) is 5.41 Å². The molecule has 1 aromatic carbocycles. The summed E-state index contributed by atoms with van der Waals surface area (Å²) in [6, 6.07) is 6.99. The van der Waals surface area contributed by atoms with E-state index < -0.39 is 11.4 Å². The van der Waals surface area contributed by atoms with Crippen molar-refractivity contribution in [2.24, 2.45) is 5.41 Å². The monoisotopic (exact) mass is 346 g/mol. The van der Waals surface area contributed by atoms with Crippen LogP contribution in [0.3, 0.4) is 0 Å². The van der Waals surface area contributed by atoms with Gasteiger partial charge >= 0.3 is 5.97 Å². The van der Waals surface area contributed by atoms with Crippen LogP contribution in [0.4, 0.5) is 5.69 Å². The molecule has 0 radical (unpaired) electrons. The van der Waals surface area contributed by atoms with E-state index in [0.717, 1.165) is 25.8 Å². The summed E-state index contributed by atoms with van der Waals surface area (Å²) in [7, 11) is 0. The lowest BCUT2D eigenvalue weighted by Crippen LogP contribution is -2.42. The minimum atomic E-state index is -1.12. The summed E-state index contributed by atoms with van der Waals surface area (Å²) >= 11 is 0. The molecule has 1 saturated heterocycles. The first-order chi connectivity index (χ1) is 11.7. The lowest BCUT2D eigenvalue weighted by molar-refractivity contribution is -0.148. The van der Waals surface area contributed by atoms with Crippen molar-refractivity contribution < 1.29 is 19.5 Å². The molecule has 6 nitrogen and oxygen atoms in total. The summed E-state index contributed by atoms with van der Waals surface area (Å²) in [5.41, 5.74) is 0.0248. The van der Waals surface area contributed by atoms with Crippen molar-refractivity contribution in [1.29, 1.82) is 0 Å². The Bertz CT molecular complexity index is 652. The van der Waals surface area contributed by atoms with Crippen molar-refractivity contribution in [1.82, 2.24) is 4.90 Å². The van der Waals surface area contributed by atoms with Gasteiger partial charge in [0.2, 0.25) is 5.91 Å². The molecule has 25 heavy (non-hydrogen) atoms.